The number of hydrogen-bond acceptors (Lipinski definition) is 4. The van der Waals surface area contributed by atoms with E-state index in [1.807, 2.05) is 42.5 Å². The number of hydrogen-bond donors (Lipinski definition) is 0. The van der Waals surface area contributed by atoms with Gasteiger partial charge in [0.05, 0.1) is 0 Å². The number of aromatic nitrogens is 2. The molecule has 4 rings (SSSR count). The maximum atomic E-state index is 5.71. The lowest BCUT2D eigenvalue weighted by Crippen LogP contribution is -2.04. The van der Waals surface area contributed by atoms with Crippen molar-refractivity contribution in [3.05, 3.63) is 72.1 Å². The van der Waals surface area contributed by atoms with Crippen molar-refractivity contribution in [2.75, 3.05) is 6.61 Å². The molecule has 3 heterocycles. The van der Waals surface area contributed by atoms with Gasteiger partial charge in [0.1, 0.15) is 18.3 Å². The highest BCUT2D eigenvalue weighted by molar-refractivity contribution is 5.95. The molecule has 0 spiro atoms. The number of ether oxygens (including phenoxy) is 1. The van der Waals surface area contributed by atoms with Crippen LogP contribution in [0.25, 0.3) is 11.0 Å². The standard InChI is InChI=1S/C17H13N3O/c1-2-5-12(6-3-1)15-11-21-17(20-15)14-9-8-13-7-4-10-18-16(13)19-14/h1-10,15H,11H2/t15-/m0/s1. The quantitative estimate of drug-likeness (QED) is 0.721. The van der Waals surface area contributed by atoms with Gasteiger partial charge in [0.2, 0.25) is 5.90 Å². The van der Waals surface area contributed by atoms with Crippen molar-refractivity contribution in [2.45, 2.75) is 6.04 Å². The van der Waals surface area contributed by atoms with Gasteiger partial charge < -0.3 is 4.74 Å². The number of fused-ring (bicyclic) bond motifs is 1. The summed E-state index contributed by atoms with van der Waals surface area (Å²) < 4.78 is 5.71. The zero-order valence-electron chi connectivity index (χ0n) is 11.3. The summed E-state index contributed by atoms with van der Waals surface area (Å²) in [5.74, 6) is 0.594. The van der Waals surface area contributed by atoms with Crippen molar-refractivity contribution in [1.82, 2.24) is 9.97 Å². The Labute approximate surface area is 122 Å². The van der Waals surface area contributed by atoms with Crippen molar-refractivity contribution < 1.29 is 4.74 Å². The minimum Gasteiger partial charge on any atom is -0.474 e. The lowest BCUT2D eigenvalue weighted by molar-refractivity contribution is 0.319. The van der Waals surface area contributed by atoms with E-state index in [1.165, 1.54) is 0 Å². The normalized spacial score (nSPS) is 17.5. The molecular weight excluding hydrogens is 262 g/mol. The summed E-state index contributed by atoms with van der Waals surface area (Å²) in [6.45, 7) is 0.557. The van der Waals surface area contributed by atoms with Gasteiger partial charge in [0.25, 0.3) is 0 Å². The molecule has 0 radical (unpaired) electrons. The molecule has 3 aromatic rings. The van der Waals surface area contributed by atoms with E-state index in [1.54, 1.807) is 6.20 Å². The van der Waals surface area contributed by atoms with Gasteiger partial charge in [0.15, 0.2) is 5.65 Å². The van der Waals surface area contributed by atoms with Crippen molar-refractivity contribution in [2.24, 2.45) is 4.99 Å². The van der Waals surface area contributed by atoms with Gasteiger partial charge in [-0.15, -0.1) is 0 Å². The van der Waals surface area contributed by atoms with Crippen LogP contribution < -0.4 is 0 Å². The molecule has 1 aliphatic rings. The van der Waals surface area contributed by atoms with Crippen molar-refractivity contribution in [3.8, 4) is 0 Å². The number of rotatable bonds is 2. The van der Waals surface area contributed by atoms with Crippen LogP contribution in [-0.2, 0) is 4.74 Å². The molecule has 1 atom stereocenters. The van der Waals surface area contributed by atoms with Gasteiger partial charge in [-0.25, -0.2) is 15.0 Å². The molecule has 1 aromatic carbocycles. The first kappa shape index (κ1) is 12.0. The van der Waals surface area contributed by atoms with E-state index in [0.717, 1.165) is 16.6 Å². The fraction of sp³-hybridized carbons (Fsp3) is 0.118. The van der Waals surface area contributed by atoms with Crippen molar-refractivity contribution in [3.63, 3.8) is 0 Å². The second-order valence-electron chi connectivity index (χ2n) is 4.92. The maximum absolute atomic E-state index is 5.71. The molecule has 0 unspecified atom stereocenters. The molecule has 0 fully saturated rings. The fourth-order valence-electron chi connectivity index (χ4n) is 2.43. The molecule has 4 nitrogen and oxygen atoms in total. The second-order valence-corrected chi connectivity index (χ2v) is 4.92. The van der Waals surface area contributed by atoms with E-state index < -0.39 is 0 Å². The number of nitrogens with zero attached hydrogens (tertiary/aromatic N) is 3. The molecule has 0 aliphatic carbocycles. The summed E-state index contributed by atoms with van der Waals surface area (Å²) in [5, 5.41) is 1.01. The largest absolute Gasteiger partial charge is 0.474 e. The summed E-state index contributed by atoms with van der Waals surface area (Å²) in [5.41, 5.74) is 2.61. The van der Waals surface area contributed by atoms with Crippen LogP contribution in [0.4, 0.5) is 0 Å². The Hall–Kier alpha value is -2.75. The maximum Gasteiger partial charge on any atom is 0.236 e. The third kappa shape index (κ3) is 2.25. The van der Waals surface area contributed by atoms with E-state index in [9.17, 15) is 0 Å². The molecule has 0 saturated heterocycles. The molecular formula is C17H13N3O. The van der Waals surface area contributed by atoms with Gasteiger partial charge in [-0.3, -0.25) is 0 Å². The topological polar surface area (TPSA) is 47.4 Å². The average Bonchev–Trinajstić information content (AvgIpc) is 3.05. The summed E-state index contributed by atoms with van der Waals surface area (Å²) in [6.07, 6.45) is 1.74. The smallest absolute Gasteiger partial charge is 0.236 e. The molecule has 102 valence electrons. The van der Waals surface area contributed by atoms with Crippen LogP contribution in [0, 0.1) is 0 Å². The number of pyridine rings is 2. The summed E-state index contributed by atoms with van der Waals surface area (Å²) >= 11 is 0. The van der Waals surface area contributed by atoms with Crippen LogP contribution >= 0.6 is 0 Å². The summed E-state index contributed by atoms with van der Waals surface area (Å²) in [7, 11) is 0. The highest BCUT2D eigenvalue weighted by atomic mass is 16.5. The van der Waals surface area contributed by atoms with E-state index in [0.29, 0.717) is 18.2 Å². The second kappa shape index (κ2) is 4.98. The van der Waals surface area contributed by atoms with Crippen LogP contribution in [0.3, 0.4) is 0 Å². The van der Waals surface area contributed by atoms with Crippen molar-refractivity contribution >= 4 is 16.9 Å². The minimum atomic E-state index is 0.0439. The summed E-state index contributed by atoms with van der Waals surface area (Å²) in [4.78, 5) is 13.4. The van der Waals surface area contributed by atoms with Crippen LogP contribution in [0.5, 0.6) is 0 Å². The minimum absolute atomic E-state index is 0.0439. The Morgan fingerprint density at radius 3 is 2.76 bits per heavy atom. The van der Waals surface area contributed by atoms with E-state index in [2.05, 4.69) is 27.1 Å². The highest BCUT2D eigenvalue weighted by Crippen LogP contribution is 2.24. The lowest BCUT2D eigenvalue weighted by atomic mass is 10.1. The van der Waals surface area contributed by atoms with Crippen LogP contribution in [0.15, 0.2) is 65.8 Å². The Balaban J connectivity index is 1.69. The van der Waals surface area contributed by atoms with Gasteiger partial charge in [-0.05, 0) is 29.8 Å². The molecule has 0 N–H and O–H groups in total. The first-order valence-corrected chi connectivity index (χ1v) is 6.88. The first-order valence-electron chi connectivity index (χ1n) is 6.88. The van der Waals surface area contributed by atoms with Gasteiger partial charge in [-0.1, -0.05) is 30.3 Å². The molecule has 1 aliphatic heterocycles. The highest BCUT2D eigenvalue weighted by Gasteiger charge is 2.22. The summed E-state index contributed by atoms with van der Waals surface area (Å²) in [6, 6.07) is 18.0. The van der Waals surface area contributed by atoms with Gasteiger partial charge in [0, 0.05) is 11.6 Å². The number of aliphatic imine (C=N–C) groups is 1. The number of benzene rings is 1. The third-order valence-electron chi connectivity index (χ3n) is 3.52. The van der Waals surface area contributed by atoms with Crippen LogP contribution in [0.1, 0.15) is 17.3 Å². The van der Waals surface area contributed by atoms with Crippen LogP contribution in [-0.4, -0.2) is 22.5 Å². The Kier molecular flexibility index (Phi) is 2.85. The SMILES string of the molecule is c1ccc([C@@H]2COC(c3ccc4cccnc4n3)=N2)cc1. The Morgan fingerprint density at radius 2 is 1.86 bits per heavy atom. The van der Waals surface area contributed by atoms with Crippen LogP contribution in [0.2, 0.25) is 0 Å². The molecule has 4 heteroatoms. The zero-order chi connectivity index (χ0) is 14.1. The third-order valence-corrected chi connectivity index (χ3v) is 3.52. The molecule has 21 heavy (non-hydrogen) atoms. The lowest BCUT2D eigenvalue weighted by Gasteiger charge is -2.03. The Morgan fingerprint density at radius 1 is 0.952 bits per heavy atom. The molecule has 0 bridgehead atoms. The average molecular weight is 275 g/mol. The fourth-order valence-corrected chi connectivity index (χ4v) is 2.43. The molecule has 0 amide bonds. The van der Waals surface area contributed by atoms with Gasteiger partial charge in [-0.2, -0.15) is 0 Å². The van der Waals surface area contributed by atoms with Gasteiger partial charge >= 0.3 is 0 Å². The predicted molar refractivity (Wildman–Crippen MR) is 81.2 cm³/mol. The molecule has 2 aromatic heterocycles. The molecule has 0 saturated carbocycles. The van der Waals surface area contributed by atoms with E-state index in [4.69, 9.17) is 4.74 Å². The first-order chi connectivity index (χ1) is 10.4. The van der Waals surface area contributed by atoms with E-state index >= 15 is 0 Å². The monoisotopic (exact) mass is 275 g/mol. The van der Waals surface area contributed by atoms with E-state index in [-0.39, 0.29) is 6.04 Å². The Bertz CT molecular complexity index is 814. The zero-order valence-corrected chi connectivity index (χ0v) is 11.3. The van der Waals surface area contributed by atoms with Crippen molar-refractivity contribution in [1.29, 1.82) is 0 Å². The predicted octanol–water partition coefficient (Wildman–Crippen LogP) is 3.15.